The SMILES string of the molecule is Cc1nn(C)c(F)c1COF. The third-order valence-electron chi connectivity index (χ3n) is 1.47. The monoisotopic (exact) mass is 162 g/mol. The molecule has 1 heterocycles. The van der Waals surface area contributed by atoms with Crippen LogP contribution < -0.4 is 0 Å². The second-order valence-electron chi connectivity index (χ2n) is 2.23. The van der Waals surface area contributed by atoms with E-state index in [9.17, 15) is 8.92 Å². The molecule has 0 spiro atoms. The molecule has 0 atom stereocenters. The van der Waals surface area contributed by atoms with Crippen LogP contribution >= 0.6 is 0 Å². The second-order valence-corrected chi connectivity index (χ2v) is 2.23. The molecule has 0 bridgehead atoms. The van der Waals surface area contributed by atoms with Gasteiger partial charge in [0.15, 0.2) is 0 Å². The third kappa shape index (κ3) is 1.37. The summed E-state index contributed by atoms with van der Waals surface area (Å²) in [4.78, 5) is 3.31. The maximum atomic E-state index is 12.9. The van der Waals surface area contributed by atoms with E-state index in [2.05, 4.69) is 10.0 Å². The van der Waals surface area contributed by atoms with Gasteiger partial charge in [0.1, 0.15) is 6.61 Å². The third-order valence-corrected chi connectivity index (χ3v) is 1.47. The Labute approximate surface area is 62.5 Å². The lowest BCUT2D eigenvalue weighted by atomic mass is 10.3. The van der Waals surface area contributed by atoms with E-state index in [-0.39, 0.29) is 12.2 Å². The van der Waals surface area contributed by atoms with Crippen molar-refractivity contribution >= 4 is 0 Å². The van der Waals surface area contributed by atoms with E-state index >= 15 is 0 Å². The zero-order chi connectivity index (χ0) is 8.43. The van der Waals surface area contributed by atoms with Crippen LogP contribution in [-0.4, -0.2) is 9.78 Å². The van der Waals surface area contributed by atoms with E-state index in [1.54, 1.807) is 6.92 Å². The van der Waals surface area contributed by atoms with Crippen molar-refractivity contribution in [3.8, 4) is 0 Å². The van der Waals surface area contributed by atoms with Crippen molar-refractivity contribution in [1.29, 1.82) is 0 Å². The molecule has 1 aromatic heterocycles. The Morgan fingerprint density at radius 3 is 2.64 bits per heavy atom. The van der Waals surface area contributed by atoms with Crippen molar-refractivity contribution in [2.24, 2.45) is 7.05 Å². The van der Waals surface area contributed by atoms with Gasteiger partial charge in [-0.2, -0.15) is 14.4 Å². The molecule has 0 saturated heterocycles. The maximum Gasteiger partial charge on any atom is 0.217 e. The van der Waals surface area contributed by atoms with E-state index in [1.807, 2.05) is 0 Å². The topological polar surface area (TPSA) is 27.1 Å². The summed E-state index contributed by atoms with van der Waals surface area (Å²) in [5.74, 6) is -0.555. The van der Waals surface area contributed by atoms with Crippen LogP contribution in [0.5, 0.6) is 0 Å². The van der Waals surface area contributed by atoms with Crippen molar-refractivity contribution in [3.05, 3.63) is 17.2 Å². The summed E-state index contributed by atoms with van der Waals surface area (Å²) in [6.45, 7) is 1.21. The second kappa shape index (κ2) is 2.96. The summed E-state index contributed by atoms with van der Waals surface area (Å²) in [5.41, 5.74) is 0.609. The van der Waals surface area contributed by atoms with Gasteiger partial charge in [0.25, 0.3) is 0 Å². The first kappa shape index (κ1) is 8.13. The van der Waals surface area contributed by atoms with E-state index in [4.69, 9.17) is 0 Å². The summed E-state index contributed by atoms with van der Waals surface area (Å²) >= 11 is 0. The molecule has 11 heavy (non-hydrogen) atoms. The van der Waals surface area contributed by atoms with Crippen molar-refractivity contribution in [3.63, 3.8) is 0 Å². The first-order valence-electron chi connectivity index (χ1n) is 3.08. The fourth-order valence-electron chi connectivity index (χ4n) is 0.892. The minimum Gasteiger partial charge on any atom is -0.242 e. The molecule has 3 nitrogen and oxygen atoms in total. The van der Waals surface area contributed by atoms with Gasteiger partial charge >= 0.3 is 0 Å². The van der Waals surface area contributed by atoms with Gasteiger partial charge in [0, 0.05) is 7.05 Å². The first-order chi connectivity index (χ1) is 5.16. The van der Waals surface area contributed by atoms with Crippen LogP contribution in [0.2, 0.25) is 0 Å². The minimum absolute atomic E-state index is 0.162. The lowest BCUT2D eigenvalue weighted by Crippen LogP contribution is -1.95. The van der Waals surface area contributed by atoms with E-state index in [0.29, 0.717) is 5.69 Å². The Hall–Kier alpha value is -0.970. The molecule has 0 fully saturated rings. The van der Waals surface area contributed by atoms with Crippen LogP contribution in [0.4, 0.5) is 8.92 Å². The van der Waals surface area contributed by atoms with Crippen molar-refractivity contribution < 1.29 is 13.9 Å². The number of hydrogen-bond acceptors (Lipinski definition) is 2. The zero-order valence-electron chi connectivity index (χ0n) is 6.27. The van der Waals surface area contributed by atoms with Gasteiger partial charge in [-0.1, -0.05) is 0 Å². The fraction of sp³-hybridized carbons (Fsp3) is 0.500. The Bertz CT molecular complexity index is 259. The smallest absolute Gasteiger partial charge is 0.217 e. The lowest BCUT2D eigenvalue weighted by Gasteiger charge is -1.91. The molecule has 0 aliphatic carbocycles. The van der Waals surface area contributed by atoms with Crippen LogP contribution in [0.1, 0.15) is 11.3 Å². The van der Waals surface area contributed by atoms with Crippen LogP contribution in [0.15, 0.2) is 0 Å². The van der Waals surface area contributed by atoms with Gasteiger partial charge in [-0.25, -0.2) is 4.68 Å². The Morgan fingerprint density at radius 2 is 2.27 bits per heavy atom. The number of halogens is 2. The Kier molecular flexibility index (Phi) is 2.19. The standard InChI is InChI=1S/C6H8F2N2O/c1-4-5(3-11-8)6(7)10(2)9-4/h3H2,1-2H3. The molecule has 0 aromatic carbocycles. The highest BCUT2D eigenvalue weighted by Gasteiger charge is 2.12. The fourth-order valence-corrected chi connectivity index (χ4v) is 0.892. The molecule has 0 radical (unpaired) electrons. The van der Waals surface area contributed by atoms with Gasteiger partial charge in [-0.05, 0) is 11.4 Å². The molecule has 1 rings (SSSR count). The summed E-state index contributed by atoms with van der Waals surface area (Å²) in [5, 5.41) is 3.72. The number of rotatable bonds is 2. The molecule has 0 saturated carbocycles. The molecule has 0 aliphatic rings. The van der Waals surface area contributed by atoms with Gasteiger partial charge < -0.3 is 0 Å². The predicted octanol–water partition coefficient (Wildman–Crippen LogP) is 1.27. The van der Waals surface area contributed by atoms with Gasteiger partial charge in [0.05, 0.1) is 11.3 Å². The van der Waals surface area contributed by atoms with Gasteiger partial charge in [-0.3, -0.25) is 0 Å². The lowest BCUT2D eigenvalue weighted by molar-refractivity contribution is -0.145. The zero-order valence-corrected chi connectivity index (χ0v) is 6.27. The number of aryl methyl sites for hydroxylation is 2. The molecule has 0 aliphatic heterocycles. The minimum atomic E-state index is -0.555. The number of nitrogens with zero attached hydrogens (tertiary/aromatic N) is 2. The van der Waals surface area contributed by atoms with E-state index in [0.717, 1.165) is 4.68 Å². The quantitative estimate of drug-likeness (QED) is 0.654. The molecule has 5 heteroatoms. The average molecular weight is 162 g/mol. The summed E-state index contributed by atoms with van der Waals surface area (Å²) in [6, 6.07) is 0. The normalized spacial score (nSPS) is 10.5. The number of hydrogen-bond donors (Lipinski definition) is 0. The van der Waals surface area contributed by atoms with Crippen LogP contribution in [0, 0.1) is 12.9 Å². The maximum absolute atomic E-state index is 12.9. The van der Waals surface area contributed by atoms with Crippen LogP contribution in [0.25, 0.3) is 0 Å². The molecule has 0 unspecified atom stereocenters. The highest BCUT2D eigenvalue weighted by Crippen LogP contribution is 2.11. The molecular weight excluding hydrogens is 154 g/mol. The van der Waals surface area contributed by atoms with Crippen molar-refractivity contribution in [2.75, 3.05) is 0 Å². The summed E-state index contributed by atoms with van der Waals surface area (Å²) < 4.78 is 25.3. The molecule has 1 aromatic rings. The Balaban J connectivity index is 3.02. The van der Waals surface area contributed by atoms with Crippen molar-refractivity contribution in [1.82, 2.24) is 9.78 Å². The van der Waals surface area contributed by atoms with Crippen LogP contribution in [0.3, 0.4) is 0 Å². The predicted molar refractivity (Wildman–Crippen MR) is 33.8 cm³/mol. The Morgan fingerprint density at radius 1 is 1.64 bits per heavy atom. The van der Waals surface area contributed by atoms with Gasteiger partial charge in [-0.15, -0.1) is 0 Å². The van der Waals surface area contributed by atoms with E-state index in [1.165, 1.54) is 7.05 Å². The molecular formula is C6H8F2N2O. The molecule has 62 valence electrons. The van der Waals surface area contributed by atoms with Crippen molar-refractivity contribution in [2.45, 2.75) is 13.5 Å². The highest BCUT2D eigenvalue weighted by molar-refractivity contribution is 5.15. The highest BCUT2D eigenvalue weighted by atomic mass is 19.3. The average Bonchev–Trinajstić information content (AvgIpc) is 2.17. The summed E-state index contributed by atoms with van der Waals surface area (Å²) in [6.07, 6.45) is 0. The van der Waals surface area contributed by atoms with Crippen LogP contribution in [-0.2, 0) is 18.6 Å². The molecule has 0 amide bonds. The molecule has 0 N–H and O–H groups in total. The van der Waals surface area contributed by atoms with E-state index < -0.39 is 5.95 Å². The first-order valence-corrected chi connectivity index (χ1v) is 3.08. The summed E-state index contributed by atoms with van der Waals surface area (Å²) in [7, 11) is 1.45. The van der Waals surface area contributed by atoms with Gasteiger partial charge in [0.2, 0.25) is 5.95 Å². The number of aromatic nitrogens is 2. The largest absolute Gasteiger partial charge is 0.242 e.